The zero-order valence-electron chi connectivity index (χ0n) is 20.3. The topological polar surface area (TPSA) is 115 Å². The molecular formula is C26H24F2N6O3S. The molecule has 1 aliphatic carbocycles. The Kier molecular flexibility index (Phi) is 7.42. The van der Waals surface area contributed by atoms with Crippen LogP contribution in [0.5, 0.6) is 5.75 Å². The second kappa shape index (κ2) is 10.9. The van der Waals surface area contributed by atoms with Crippen molar-refractivity contribution < 1.29 is 18.3 Å². The fourth-order valence-electron chi connectivity index (χ4n) is 3.90. The lowest BCUT2D eigenvalue weighted by Gasteiger charge is -2.17. The molecular weight excluding hydrogens is 514 g/mol. The predicted molar refractivity (Wildman–Crippen MR) is 139 cm³/mol. The second-order valence-corrected chi connectivity index (χ2v) is 10.1. The van der Waals surface area contributed by atoms with Crippen LogP contribution in [0.25, 0.3) is 16.8 Å². The normalized spacial score (nSPS) is 17.1. The number of carbonyl (C=O) groups is 1. The molecule has 5 rings (SSSR count). The van der Waals surface area contributed by atoms with Gasteiger partial charge in [-0.1, -0.05) is 11.8 Å². The van der Waals surface area contributed by atoms with Gasteiger partial charge in [0.15, 0.2) is 0 Å². The summed E-state index contributed by atoms with van der Waals surface area (Å²) >= 11 is 1.44. The number of hydrazine groups is 1. The molecule has 0 radical (unpaired) electrons. The summed E-state index contributed by atoms with van der Waals surface area (Å²) in [4.78, 5) is 35.3. The third kappa shape index (κ3) is 5.55. The van der Waals surface area contributed by atoms with Crippen LogP contribution in [-0.4, -0.2) is 49.7 Å². The van der Waals surface area contributed by atoms with E-state index in [2.05, 4.69) is 27.2 Å². The molecule has 3 heterocycles. The van der Waals surface area contributed by atoms with Crippen molar-refractivity contribution in [1.82, 2.24) is 24.9 Å². The van der Waals surface area contributed by atoms with Crippen molar-refractivity contribution in [2.75, 3.05) is 13.7 Å². The van der Waals surface area contributed by atoms with E-state index in [9.17, 15) is 18.4 Å². The summed E-state index contributed by atoms with van der Waals surface area (Å²) in [5, 5.41) is -0.476. The number of nitrogens with two attached hydrogens (primary N) is 1. The number of aromatic nitrogens is 3. The smallest absolute Gasteiger partial charge is 0.280 e. The number of alkyl halides is 2. The number of methoxy groups -OCH3 is 1. The highest BCUT2D eigenvalue weighted by Crippen LogP contribution is 2.39. The maximum Gasteiger partial charge on any atom is 0.280 e. The van der Waals surface area contributed by atoms with Crippen LogP contribution in [0.3, 0.4) is 0 Å². The summed E-state index contributed by atoms with van der Waals surface area (Å²) in [6.07, 6.45) is 4.66. The number of carbonyl (C=O) groups excluding carboxylic acids is 1. The average Bonchev–Trinajstić information content (AvgIpc) is 3.86. The number of hydrogen-bond acceptors (Lipinski definition) is 8. The number of amides is 1. The van der Waals surface area contributed by atoms with Gasteiger partial charge >= 0.3 is 0 Å². The lowest BCUT2D eigenvalue weighted by molar-refractivity contribution is 0.0883. The predicted octanol–water partition coefficient (Wildman–Crippen LogP) is 2.96. The summed E-state index contributed by atoms with van der Waals surface area (Å²) in [6, 6.07) is 5.99. The average molecular weight is 539 g/mol. The minimum absolute atomic E-state index is 0.150. The van der Waals surface area contributed by atoms with Gasteiger partial charge in [-0.3, -0.25) is 30.0 Å². The Balaban J connectivity index is 1.52. The van der Waals surface area contributed by atoms with E-state index in [4.69, 9.17) is 10.6 Å². The number of thioether (sulfide) groups is 1. The minimum atomic E-state index is -2.82. The van der Waals surface area contributed by atoms with Crippen LogP contribution in [0, 0.1) is 17.8 Å². The SMILES string of the molecule is COc1cnc(C(F)F)cc1-c1cc(-n2ccncc2=O)ccc1C(=O)N1CC1SC(C#CC1CC1)NN. The van der Waals surface area contributed by atoms with Gasteiger partial charge < -0.3 is 9.64 Å². The molecule has 196 valence electrons. The Bertz CT molecular complexity index is 1480. The summed E-state index contributed by atoms with van der Waals surface area (Å²) in [5.74, 6) is 12.3. The fourth-order valence-corrected chi connectivity index (χ4v) is 4.92. The maximum atomic E-state index is 13.6. The van der Waals surface area contributed by atoms with Crippen molar-refractivity contribution in [2.45, 2.75) is 30.0 Å². The highest BCUT2D eigenvalue weighted by molar-refractivity contribution is 8.00. The highest BCUT2D eigenvalue weighted by atomic mass is 32.2. The van der Waals surface area contributed by atoms with Crippen LogP contribution in [0.15, 0.2) is 53.8 Å². The lowest BCUT2D eigenvalue weighted by atomic mass is 9.97. The van der Waals surface area contributed by atoms with Gasteiger partial charge in [0.2, 0.25) is 0 Å². The highest BCUT2D eigenvalue weighted by Gasteiger charge is 2.41. The van der Waals surface area contributed by atoms with Crippen LogP contribution in [0.1, 0.15) is 35.3 Å². The largest absolute Gasteiger partial charge is 0.494 e. The van der Waals surface area contributed by atoms with E-state index < -0.39 is 12.1 Å². The molecule has 38 heavy (non-hydrogen) atoms. The van der Waals surface area contributed by atoms with Gasteiger partial charge in [0.05, 0.1) is 31.4 Å². The van der Waals surface area contributed by atoms with Gasteiger partial charge in [0.1, 0.15) is 16.8 Å². The number of hydrogen-bond donors (Lipinski definition) is 2. The van der Waals surface area contributed by atoms with Crippen molar-refractivity contribution in [3.05, 3.63) is 70.7 Å². The number of nitrogens with one attached hydrogen (secondary N) is 1. The molecule has 3 aromatic rings. The molecule has 3 N–H and O–H groups in total. The molecule has 2 aliphatic rings. The third-order valence-corrected chi connectivity index (χ3v) is 7.37. The molecule has 2 unspecified atom stereocenters. The first-order chi connectivity index (χ1) is 18.4. The number of halogens is 2. The van der Waals surface area contributed by atoms with E-state index in [1.54, 1.807) is 23.1 Å². The van der Waals surface area contributed by atoms with Crippen molar-refractivity contribution in [1.29, 1.82) is 0 Å². The van der Waals surface area contributed by atoms with Crippen LogP contribution in [0.2, 0.25) is 0 Å². The minimum Gasteiger partial charge on any atom is -0.494 e. The second-order valence-electron chi connectivity index (χ2n) is 8.78. The standard InChI is InChI=1S/C26H24F2N6O3S/c1-37-21-12-31-20(25(27)28)11-19(21)18-10-16(33-9-8-30-13-23(33)35)5-6-17(18)26(36)34-14-24(34)38-22(32-29)7-4-15-2-3-15/h5-6,8-13,15,22,24-25,32H,2-3,14,29H2,1H3. The monoisotopic (exact) mass is 538 g/mol. The molecule has 0 bridgehead atoms. The van der Waals surface area contributed by atoms with Gasteiger partial charge in [-0.2, -0.15) is 0 Å². The Morgan fingerprint density at radius 1 is 1.26 bits per heavy atom. The maximum absolute atomic E-state index is 13.6. The molecule has 2 atom stereocenters. The Labute approximate surface area is 221 Å². The van der Waals surface area contributed by atoms with E-state index >= 15 is 0 Å². The van der Waals surface area contributed by atoms with Crippen LogP contribution in [0.4, 0.5) is 8.78 Å². The summed E-state index contributed by atoms with van der Waals surface area (Å²) in [7, 11) is 1.39. The summed E-state index contributed by atoms with van der Waals surface area (Å²) in [6.45, 7) is 0.480. The molecule has 2 fully saturated rings. The van der Waals surface area contributed by atoms with E-state index in [-0.39, 0.29) is 39.1 Å². The Hall–Kier alpha value is -3.79. The molecule has 1 saturated carbocycles. The van der Waals surface area contributed by atoms with Gasteiger partial charge in [-0.25, -0.2) is 14.2 Å². The molecule has 2 aromatic heterocycles. The first kappa shape index (κ1) is 25.8. The van der Waals surface area contributed by atoms with Crippen LogP contribution >= 0.6 is 11.8 Å². The molecule has 1 amide bonds. The number of nitrogens with zero attached hydrogens (tertiary/aromatic N) is 4. The van der Waals surface area contributed by atoms with E-state index in [0.717, 1.165) is 19.0 Å². The molecule has 0 spiro atoms. The number of benzene rings is 1. The molecule has 9 nitrogen and oxygen atoms in total. The van der Waals surface area contributed by atoms with Gasteiger partial charge in [-0.05, 0) is 37.1 Å². The molecule has 12 heteroatoms. The molecule has 1 aliphatic heterocycles. The fraction of sp³-hybridized carbons (Fsp3) is 0.308. The van der Waals surface area contributed by atoms with Crippen LogP contribution < -0.4 is 21.6 Å². The Morgan fingerprint density at radius 3 is 2.76 bits per heavy atom. The first-order valence-corrected chi connectivity index (χ1v) is 12.8. The van der Waals surface area contributed by atoms with E-state index in [1.807, 2.05) is 0 Å². The quantitative estimate of drug-likeness (QED) is 0.148. The van der Waals surface area contributed by atoms with E-state index in [0.29, 0.717) is 23.7 Å². The zero-order valence-corrected chi connectivity index (χ0v) is 21.1. The van der Waals surface area contributed by atoms with Crippen molar-refractivity contribution in [2.24, 2.45) is 11.8 Å². The summed E-state index contributed by atoms with van der Waals surface area (Å²) in [5.41, 5.74) is 3.11. The van der Waals surface area contributed by atoms with Crippen molar-refractivity contribution in [3.63, 3.8) is 0 Å². The van der Waals surface area contributed by atoms with Crippen molar-refractivity contribution >= 4 is 17.7 Å². The van der Waals surface area contributed by atoms with Gasteiger partial charge in [-0.15, -0.1) is 11.8 Å². The zero-order chi connectivity index (χ0) is 26.8. The number of rotatable bonds is 8. The van der Waals surface area contributed by atoms with Crippen molar-refractivity contribution in [3.8, 4) is 34.4 Å². The summed E-state index contributed by atoms with van der Waals surface area (Å²) < 4.78 is 33.9. The Morgan fingerprint density at radius 2 is 2.08 bits per heavy atom. The third-order valence-electron chi connectivity index (χ3n) is 6.13. The lowest BCUT2D eigenvalue weighted by Crippen LogP contribution is -2.32. The number of pyridine rings is 1. The first-order valence-electron chi connectivity index (χ1n) is 11.8. The molecule has 1 saturated heterocycles. The van der Waals surface area contributed by atoms with Gasteiger partial charge in [0.25, 0.3) is 17.9 Å². The number of ether oxygens (including phenoxy) is 1. The van der Waals surface area contributed by atoms with Crippen LogP contribution in [-0.2, 0) is 0 Å². The molecule has 1 aromatic carbocycles. The van der Waals surface area contributed by atoms with Gasteiger partial charge in [0, 0.05) is 40.7 Å². The van der Waals surface area contributed by atoms with E-state index in [1.165, 1.54) is 48.1 Å².